The van der Waals surface area contributed by atoms with Crippen molar-refractivity contribution in [1.82, 2.24) is 10.6 Å². The van der Waals surface area contributed by atoms with E-state index in [1.165, 1.54) is 6.42 Å². The molecule has 2 atom stereocenters. The van der Waals surface area contributed by atoms with E-state index in [1.54, 1.807) is 0 Å². The van der Waals surface area contributed by atoms with Crippen LogP contribution in [0.1, 0.15) is 51.9 Å². The molecule has 2 amide bonds. The maximum absolute atomic E-state index is 11.6. The lowest BCUT2D eigenvalue weighted by Gasteiger charge is -2.22. The number of carbonyl (C=O) groups excluding carboxylic acids is 1. The third-order valence-corrected chi connectivity index (χ3v) is 3.48. The minimum absolute atomic E-state index is 0.222. The SMILES string of the molecule is CCCCC(NC(=O)NCCC1CCCCO1)C(=O)O. The Hall–Kier alpha value is -1.30. The minimum Gasteiger partial charge on any atom is -0.480 e. The zero-order valence-electron chi connectivity index (χ0n) is 12.2. The molecule has 0 radical (unpaired) electrons. The summed E-state index contributed by atoms with van der Waals surface area (Å²) in [5.41, 5.74) is 0. The van der Waals surface area contributed by atoms with E-state index >= 15 is 0 Å². The first-order valence-corrected chi connectivity index (χ1v) is 7.52. The standard InChI is InChI=1S/C14H26N2O4/c1-2-3-7-12(13(17)18)16-14(19)15-9-8-11-6-4-5-10-20-11/h11-12H,2-10H2,1H3,(H,17,18)(H2,15,16,19). The van der Waals surface area contributed by atoms with Gasteiger partial charge in [0.05, 0.1) is 6.10 Å². The predicted octanol–water partition coefficient (Wildman–Crippen LogP) is 1.89. The molecule has 1 fully saturated rings. The van der Waals surface area contributed by atoms with Gasteiger partial charge < -0.3 is 20.5 Å². The fourth-order valence-corrected chi connectivity index (χ4v) is 2.26. The van der Waals surface area contributed by atoms with E-state index in [2.05, 4.69) is 10.6 Å². The molecule has 6 heteroatoms. The van der Waals surface area contributed by atoms with Crippen LogP contribution < -0.4 is 10.6 Å². The van der Waals surface area contributed by atoms with E-state index in [0.717, 1.165) is 38.7 Å². The molecule has 0 bridgehead atoms. The van der Waals surface area contributed by atoms with E-state index < -0.39 is 18.0 Å². The average molecular weight is 286 g/mol. The number of carboxylic acids is 1. The number of unbranched alkanes of at least 4 members (excludes halogenated alkanes) is 1. The Morgan fingerprint density at radius 3 is 2.80 bits per heavy atom. The Morgan fingerprint density at radius 1 is 1.40 bits per heavy atom. The van der Waals surface area contributed by atoms with Crippen molar-refractivity contribution in [2.45, 2.75) is 64.0 Å². The molecule has 3 N–H and O–H groups in total. The van der Waals surface area contributed by atoms with Gasteiger partial charge in [-0.2, -0.15) is 0 Å². The summed E-state index contributed by atoms with van der Waals surface area (Å²) in [7, 11) is 0. The van der Waals surface area contributed by atoms with Gasteiger partial charge in [0.1, 0.15) is 6.04 Å². The third-order valence-electron chi connectivity index (χ3n) is 3.48. The van der Waals surface area contributed by atoms with Crippen LogP contribution in [0.3, 0.4) is 0 Å². The van der Waals surface area contributed by atoms with Gasteiger partial charge in [-0.05, 0) is 32.1 Å². The molecule has 2 unspecified atom stereocenters. The summed E-state index contributed by atoms with van der Waals surface area (Å²) in [6.45, 7) is 3.30. The highest BCUT2D eigenvalue weighted by atomic mass is 16.5. The van der Waals surface area contributed by atoms with Crippen LogP contribution in [-0.2, 0) is 9.53 Å². The summed E-state index contributed by atoms with van der Waals surface area (Å²) >= 11 is 0. The molecule has 0 aromatic rings. The number of carbonyl (C=O) groups is 2. The van der Waals surface area contributed by atoms with Crippen molar-refractivity contribution < 1.29 is 19.4 Å². The first-order chi connectivity index (χ1) is 9.63. The highest BCUT2D eigenvalue weighted by molar-refractivity contribution is 5.82. The lowest BCUT2D eigenvalue weighted by molar-refractivity contribution is -0.139. The van der Waals surface area contributed by atoms with Crippen LogP contribution in [-0.4, -0.2) is 42.4 Å². The van der Waals surface area contributed by atoms with Crippen molar-refractivity contribution in [2.75, 3.05) is 13.2 Å². The summed E-state index contributed by atoms with van der Waals surface area (Å²) in [6.07, 6.45) is 6.48. The third kappa shape index (κ3) is 6.75. The lowest BCUT2D eigenvalue weighted by Crippen LogP contribution is -2.46. The molecule has 1 aliphatic rings. The number of ether oxygens (including phenoxy) is 1. The summed E-state index contributed by atoms with van der Waals surface area (Å²) < 4.78 is 5.57. The van der Waals surface area contributed by atoms with E-state index in [0.29, 0.717) is 13.0 Å². The van der Waals surface area contributed by atoms with Crippen molar-refractivity contribution in [1.29, 1.82) is 0 Å². The second-order valence-electron chi connectivity index (χ2n) is 5.21. The van der Waals surface area contributed by atoms with E-state index in [1.807, 2.05) is 6.92 Å². The second-order valence-corrected chi connectivity index (χ2v) is 5.21. The molecule has 20 heavy (non-hydrogen) atoms. The van der Waals surface area contributed by atoms with E-state index in [4.69, 9.17) is 9.84 Å². The molecule has 1 heterocycles. The van der Waals surface area contributed by atoms with Crippen LogP contribution in [0.25, 0.3) is 0 Å². The number of urea groups is 1. The zero-order chi connectivity index (χ0) is 14.8. The Labute approximate surface area is 120 Å². The predicted molar refractivity (Wildman–Crippen MR) is 75.7 cm³/mol. The van der Waals surface area contributed by atoms with Crippen molar-refractivity contribution in [3.8, 4) is 0 Å². The van der Waals surface area contributed by atoms with Gasteiger partial charge in [0.15, 0.2) is 0 Å². The molecule has 6 nitrogen and oxygen atoms in total. The smallest absolute Gasteiger partial charge is 0.326 e. The average Bonchev–Trinajstić information content (AvgIpc) is 2.44. The molecule has 0 aromatic carbocycles. The molecule has 0 saturated carbocycles. The highest BCUT2D eigenvalue weighted by Gasteiger charge is 2.19. The number of hydrogen-bond acceptors (Lipinski definition) is 3. The van der Waals surface area contributed by atoms with Crippen molar-refractivity contribution in [2.24, 2.45) is 0 Å². The number of aliphatic carboxylic acids is 1. The van der Waals surface area contributed by atoms with Gasteiger partial charge in [0.2, 0.25) is 0 Å². The zero-order valence-corrected chi connectivity index (χ0v) is 12.2. The molecule has 116 valence electrons. The highest BCUT2D eigenvalue weighted by Crippen LogP contribution is 2.14. The van der Waals surface area contributed by atoms with Crippen LogP contribution in [0.15, 0.2) is 0 Å². The Morgan fingerprint density at radius 2 is 2.20 bits per heavy atom. The molecule has 0 spiro atoms. The maximum Gasteiger partial charge on any atom is 0.326 e. The number of amides is 2. The van der Waals surface area contributed by atoms with Gasteiger partial charge in [0.25, 0.3) is 0 Å². The fraction of sp³-hybridized carbons (Fsp3) is 0.857. The van der Waals surface area contributed by atoms with E-state index in [-0.39, 0.29) is 6.10 Å². The summed E-state index contributed by atoms with van der Waals surface area (Å²) in [6, 6.07) is -1.22. The topological polar surface area (TPSA) is 87.7 Å². The Kier molecular flexibility index (Phi) is 8.02. The number of hydrogen-bond donors (Lipinski definition) is 3. The molecule has 0 aliphatic carbocycles. The minimum atomic E-state index is -0.982. The molecule has 1 rings (SSSR count). The summed E-state index contributed by atoms with van der Waals surface area (Å²) in [5, 5.41) is 14.2. The van der Waals surface area contributed by atoms with Gasteiger partial charge in [-0.3, -0.25) is 0 Å². The van der Waals surface area contributed by atoms with Crippen molar-refractivity contribution in [3.63, 3.8) is 0 Å². The number of carboxylic acid groups (broad SMARTS) is 1. The van der Waals surface area contributed by atoms with Crippen LogP contribution in [0, 0.1) is 0 Å². The van der Waals surface area contributed by atoms with Crippen molar-refractivity contribution in [3.05, 3.63) is 0 Å². The molecular weight excluding hydrogens is 260 g/mol. The van der Waals surface area contributed by atoms with Crippen LogP contribution >= 0.6 is 0 Å². The second kappa shape index (κ2) is 9.58. The Bertz CT molecular complexity index is 304. The van der Waals surface area contributed by atoms with Crippen molar-refractivity contribution >= 4 is 12.0 Å². The number of nitrogens with one attached hydrogen (secondary N) is 2. The van der Waals surface area contributed by atoms with Gasteiger partial charge in [-0.25, -0.2) is 9.59 Å². The molecular formula is C14H26N2O4. The molecule has 1 saturated heterocycles. The van der Waals surface area contributed by atoms with Gasteiger partial charge in [-0.15, -0.1) is 0 Å². The van der Waals surface area contributed by atoms with Gasteiger partial charge in [-0.1, -0.05) is 19.8 Å². The summed E-state index contributed by atoms with van der Waals surface area (Å²) in [5.74, 6) is -0.982. The monoisotopic (exact) mass is 286 g/mol. The number of rotatable bonds is 8. The first-order valence-electron chi connectivity index (χ1n) is 7.52. The fourth-order valence-electron chi connectivity index (χ4n) is 2.26. The van der Waals surface area contributed by atoms with Gasteiger partial charge in [0, 0.05) is 13.2 Å². The Balaban J connectivity index is 2.18. The van der Waals surface area contributed by atoms with Crippen LogP contribution in [0.2, 0.25) is 0 Å². The van der Waals surface area contributed by atoms with Crippen LogP contribution in [0.4, 0.5) is 4.79 Å². The molecule has 1 aliphatic heterocycles. The van der Waals surface area contributed by atoms with Gasteiger partial charge >= 0.3 is 12.0 Å². The lowest BCUT2D eigenvalue weighted by atomic mass is 10.1. The normalized spacial score (nSPS) is 20.1. The maximum atomic E-state index is 11.6. The first kappa shape index (κ1) is 16.8. The molecule has 0 aromatic heterocycles. The summed E-state index contributed by atoms with van der Waals surface area (Å²) in [4.78, 5) is 22.6. The van der Waals surface area contributed by atoms with E-state index in [9.17, 15) is 9.59 Å². The quantitative estimate of drug-likeness (QED) is 0.636. The van der Waals surface area contributed by atoms with Crippen LogP contribution in [0.5, 0.6) is 0 Å². The largest absolute Gasteiger partial charge is 0.480 e.